The number of piperazine rings is 1. The Morgan fingerprint density at radius 2 is 1.59 bits per heavy atom. The molecular weight excluding hydrogens is 474 g/mol. The highest BCUT2D eigenvalue weighted by Crippen LogP contribution is 2.27. The average molecular weight is 500 g/mol. The van der Waals surface area contributed by atoms with E-state index in [9.17, 15) is 21.6 Å². The molecule has 1 aliphatic heterocycles. The first kappa shape index (κ1) is 24.7. The van der Waals surface area contributed by atoms with Crippen molar-refractivity contribution in [2.75, 3.05) is 39.5 Å². The van der Waals surface area contributed by atoms with E-state index in [2.05, 4.69) is 5.32 Å². The Morgan fingerprint density at radius 3 is 2.16 bits per heavy atom. The molecule has 1 fully saturated rings. The zero-order chi connectivity index (χ0) is 23.7. The number of carbonyl (C=O) groups excluding carboxylic acids is 1. The van der Waals surface area contributed by atoms with Crippen molar-refractivity contribution >= 4 is 37.4 Å². The zero-order valence-electron chi connectivity index (χ0n) is 18.1. The molecule has 11 heteroatoms. The molecule has 0 aromatic heterocycles. The van der Waals surface area contributed by atoms with E-state index < -0.39 is 31.8 Å². The van der Waals surface area contributed by atoms with Crippen LogP contribution in [0.1, 0.15) is 28.9 Å². The van der Waals surface area contributed by atoms with Crippen LogP contribution in [0.5, 0.6) is 0 Å². The summed E-state index contributed by atoms with van der Waals surface area (Å²) in [5.74, 6) is -0.462. The number of nitrogens with one attached hydrogen (secondary N) is 1. The lowest BCUT2D eigenvalue weighted by atomic mass is 10.1. The van der Waals surface area contributed by atoms with E-state index >= 15 is 0 Å². The monoisotopic (exact) mass is 499 g/mol. The summed E-state index contributed by atoms with van der Waals surface area (Å²) >= 11 is 6.19. The molecule has 0 saturated carbocycles. The molecular formula is C21H26ClN3O5S2. The molecule has 1 unspecified atom stereocenters. The normalized spacial score (nSPS) is 17.1. The summed E-state index contributed by atoms with van der Waals surface area (Å²) in [6.07, 6.45) is 1.13. The maximum atomic E-state index is 13.1. The Bertz CT molecular complexity index is 1210. The number of sulfone groups is 1. The molecule has 1 amide bonds. The summed E-state index contributed by atoms with van der Waals surface area (Å²) in [5, 5.41) is 2.87. The molecule has 1 N–H and O–H groups in total. The molecule has 1 saturated heterocycles. The van der Waals surface area contributed by atoms with Crippen molar-refractivity contribution < 1.29 is 21.6 Å². The second-order valence-corrected chi connectivity index (χ2v) is 12.2. The lowest BCUT2D eigenvalue weighted by molar-refractivity contribution is 0.0939. The quantitative estimate of drug-likeness (QED) is 0.653. The number of likely N-dealkylation sites (N-methyl/N-ethyl adjacent to an activating group) is 1. The summed E-state index contributed by atoms with van der Waals surface area (Å²) in [6, 6.07) is 9.98. The molecule has 0 aliphatic carbocycles. The van der Waals surface area contributed by atoms with Crippen molar-refractivity contribution in [1.29, 1.82) is 0 Å². The van der Waals surface area contributed by atoms with Crippen LogP contribution in [0.2, 0.25) is 5.02 Å². The summed E-state index contributed by atoms with van der Waals surface area (Å²) in [5.41, 5.74) is 0.881. The van der Waals surface area contributed by atoms with Gasteiger partial charge in [0.2, 0.25) is 10.0 Å². The van der Waals surface area contributed by atoms with Crippen molar-refractivity contribution in [2.45, 2.75) is 22.8 Å². The van der Waals surface area contributed by atoms with Gasteiger partial charge in [0, 0.05) is 38.0 Å². The SMILES string of the molecule is CC(NC(=O)c1ccc(Cl)c(S(=O)(=O)N2CCN(C)CC2)c1)c1ccc(S(C)(=O)=O)cc1. The standard InChI is InChI=1S/C21H26ClN3O5S2/c1-15(16-4-7-18(8-5-16)31(3,27)28)23-21(26)17-6-9-19(22)20(14-17)32(29,30)25-12-10-24(2)11-13-25/h4-9,14-15H,10-13H2,1-3H3,(H,23,26). The Morgan fingerprint density at radius 1 is 1.00 bits per heavy atom. The van der Waals surface area contributed by atoms with Gasteiger partial charge in [-0.15, -0.1) is 0 Å². The average Bonchev–Trinajstić information content (AvgIpc) is 2.73. The van der Waals surface area contributed by atoms with Crippen LogP contribution in [-0.4, -0.2) is 71.4 Å². The van der Waals surface area contributed by atoms with Crippen molar-refractivity contribution in [3.63, 3.8) is 0 Å². The topological polar surface area (TPSA) is 104 Å². The molecule has 174 valence electrons. The van der Waals surface area contributed by atoms with Crippen molar-refractivity contribution in [3.05, 3.63) is 58.6 Å². The van der Waals surface area contributed by atoms with E-state index in [1.165, 1.54) is 34.6 Å². The van der Waals surface area contributed by atoms with Gasteiger partial charge in [0.25, 0.3) is 5.91 Å². The lowest BCUT2D eigenvalue weighted by Gasteiger charge is -2.31. The highest BCUT2D eigenvalue weighted by atomic mass is 35.5. The van der Waals surface area contributed by atoms with Crippen LogP contribution >= 0.6 is 11.6 Å². The van der Waals surface area contributed by atoms with Gasteiger partial charge in [0.1, 0.15) is 4.90 Å². The predicted octanol–water partition coefficient (Wildman–Crippen LogP) is 2.17. The number of benzene rings is 2. The first-order valence-corrected chi connectivity index (χ1v) is 13.7. The molecule has 8 nitrogen and oxygen atoms in total. The fourth-order valence-corrected chi connectivity index (χ4v) is 5.93. The van der Waals surface area contributed by atoms with E-state index in [0.29, 0.717) is 31.7 Å². The number of sulfonamides is 1. The first-order valence-electron chi connectivity index (χ1n) is 9.99. The van der Waals surface area contributed by atoms with Crippen LogP contribution in [0, 0.1) is 0 Å². The van der Waals surface area contributed by atoms with E-state index in [0.717, 1.165) is 6.26 Å². The predicted molar refractivity (Wildman–Crippen MR) is 123 cm³/mol. The molecule has 1 atom stereocenters. The molecule has 1 aliphatic rings. The van der Waals surface area contributed by atoms with E-state index in [1.807, 2.05) is 11.9 Å². The zero-order valence-corrected chi connectivity index (χ0v) is 20.5. The fourth-order valence-electron chi connectivity index (χ4n) is 3.38. The molecule has 1 heterocycles. The number of halogens is 1. The van der Waals surface area contributed by atoms with Gasteiger partial charge in [0.15, 0.2) is 9.84 Å². The third-order valence-corrected chi connectivity index (χ3v) is 8.94. The minimum absolute atomic E-state index is 0.0601. The fraction of sp³-hybridized carbons (Fsp3) is 0.381. The van der Waals surface area contributed by atoms with Crippen LogP contribution in [0.3, 0.4) is 0 Å². The van der Waals surface area contributed by atoms with Gasteiger partial charge in [-0.05, 0) is 49.9 Å². The highest BCUT2D eigenvalue weighted by molar-refractivity contribution is 7.90. The molecule has 2 aromatic carbocycles. The summed E-state index contributed by atoms with van der Waals surface area (Å²) < 4.78 is 50.8. The van der Waals surface area contributed by atoms with Gasteiger partial charge in [-0.2, -0.15) is 4.31 Å². The number of amides is 1. The molecule has 2 aromatic rings. The first-order chi connectivity index (χ1) is 14.9. The Kier molecular flexibility index (Phi) is 7.31. The van der Waals surface area contributed by atoms with Crippen LogP contribution < -0.4 is 5.32 Å². The van der Waals surface area contributed by atoms with Crippen LogP contribution in [0.25, 0.3) is 0 Å². The van der Waals surface area contributed by atoms with Crippen LogP contribution in [0.15, 0.2) is 52.3 Å². The van der Waals surface area contributed by atoms with Gasteiger partial charge in [0.05, 0.1) is 16.0 Å². The Balaban J connectivity index is 1.79. The third-order valence-electron chi connectivity index (χ3n) is 5.43. The van der Waals surface area contributed by atoms with Crippen molar-refractivity contribution in [3.8, 4) is 0 Å². The number of hydrogen-bond acceptors (Lipinski definition) is 6. The number of carbonyl (C=O) groups is 1. The maximum Gasteiger partial charge on any atom is 0.251 e. The van der Waals surface area contributed by atoms with Gasteiger partial charge in [-0.1, -0.05) is 23.7 Å². The van der Waals surface area contributed by atoms with Gasteiger partial charge in [-0.3, -0.25) is 4.79 Å². The Hall–Kier alpha value is -1.98. The number of nitrogens with zero attached hydrogens (tertiary/aromatic N) is 2. The maximum absolute atomic E-state index is 13.1. The smallest absolute Gasteiger partial charge is 0.251 e. The summed E-state index contributed by atoms with van der Waals surface area (Å²) in [4.78, 5) is 14.9. The molecule has 3 rings (SSSR count). The van der Waals surface area contributed by atoms with Crippen molar-refractivity contribution in [2.24, 2.45) is 0 Å². The lowest BCUT2D eigenvalue weighted by Crippen LogP contribution is -2.47. The molecule has 0 bridgehead atoms. The number of hydrogen-bond donors (Lipinski definition) is 1. The highest BCUT2D eigenvalue weighted by Gasteiger charge is 2.30. The minimum atomic E-state index is -3.83. The Labute approximate surface area is 194 Å². The largest absolute Gasteiger partial charge is 0.346 e. The van der Waals surface area contributed by atoms with E-state index in [-0.39, 0.29) is 20.4 Å². The molecule has 32 heavy (non-hydrogen) atoms. The van der Waals surface area contributed by atoms with E-state index in [4.69, 9.17) is 11.6 Å². The summed E-state index contributed by atoms with van der Waals surface area (Å²) in [6.45, 7) is 3.70. The van der Waals surface area contributed by atoms with Gasteiger partial charge in [-0.25, -0.2) is 16.8 Å². The molecule has 0 spiro atoms. The second-order valence-electron chi connectivity index (χ2n) is 7.89. The second kappa shape index (κ2) is 9.48. The van der Waals surface area contributed by atoms with Gasteiger partial charge >= 0.3 is 0 Å². The van der Waals surface area contributed by atoms with Crippen LogP contribution in [0.4, 0.5) is 0 Å². The van der Waals surface area contributed by atoms with E-state index in [1.54, 1.807) is 19.1 Å². The molecule has 0 radical (unpaired) electrons. The van der Waals surface area contributed by atoms with Gasteiger partial charge < -0.3 is 10.2 Å². The minimum Gasteiger partial charge on any atom is -0.346 e. The summed E-state index contributed by atoms with van der Waals surface area (Å²) in [7, 11) is -5.22. The van der Waals surface area contributed by atoms with Crippen LogP contribution in [-0.2, 0) is 19.9 Å². The third kappa shape index (κ3) is 5.49. The van der Waals surface area contributed by atoms with Crippen molar-refractivity contribution in [1.82, 2.24) is 14.5 Å². The number of rotatable bonds is 6.